The van der Waals surface area contributed by atoms with Crippen molar-refractivity contribution in [3.8, 4) is 0 Å². The van der Waals surface area contributed by atoms with Crippen molar-refractivity contribution in [2.75, 3.05) is 25.0 Å². The van der Waals surface area contributed by atoms with Crippen LogP contribution in [0.15, 0.2) is 30.5 Å². The largest absolute Gasteiger partial charge is 0.370 e. The summed E-state index contributed by atoms with van der Waals surface area (Å²) in [5, 5.41) is 9.74. The second kappa shape index (κ2) is 5.76. The minimum Gasteiger partial charge on any atom is -0.370 e. The van der Waals surface area contributed by atoms with Crippen LogP contribution in [0.3, 0.4) is 0 Å². The highest BCUT2D eigenvalue weighted by Gasteiger charge is 2.14. The zero-order valence-corrected chi connectivity index (χ0v) is 11.6. The maximum atomic E-state index is 6.28. The van der Waals surface area contributed by atoms with Gasteiger partial charge in [-0.15, -0.1) is 0 Å². The Hall–Kier alpha value is -1.32. The van der Waals surface area contributed by atoms with E-state index in [9.17, 15) is 0 Å². The van der Waals surface area contributed by atoms with Crippen LogP contribution in [0.5, 0.6) is 0 Å². The standard InChI is InChI=1S/C15H18ClN3/c16-13-3-1-2-12-6-9-19-15(14(12)13)18-8-5-11-4-7-17-10-11/h1-3,6,9,11,17H,4-5,7-8,10H2,(H,18,19). The number of nitrogens with zero attached hydrogens (tertiary/aromatic N) is 1. The van der Waals surface area contributed by atoms with Gasteiger partial charge in [-0.25, -0.2) is 4.98 Å². The fraction of sp³-hybridized carbons (Fsp3) is 0.400. The summed E-state index contributed by atoms with van der Waals surface area (Å²) >= 11 is 6.28. The summed E-state index contributed by atoms with van der Waals surface area (Å²) in [7, 11) is 0. The van der Waals surface area contributed by atoms with Gasteiger partial charge < -0.3 is 10.6 Å². The Morgan fingerprint density at radius 2 is 2.32 bits per heavy atom. The van der Waals surface area contributed by atoms with E-state index in [1.54, 1.807) is 0 Å². The number of halogens is 1. The van der Waals surface area contributed by atoms with Crippen LogP contribution in [0.2, 0.25) is 5.02 Å². The van der Waals surface area contributed by atoms with Crippen LogP contribution < -0.4 is 10.6 Å². The van der Waals surface area contributed by atoms with Crippen LogP contribution in [-0.2, 0) is 0 Å². The molecule has 4 heteroatoms. The van der Waals surface area contributed by atoms with E-state index in [0.717, 1.165) is 47.2 Å². The van der Waals surface area contributed by atoms with Gasteiger partial charge in [-0.3, -0.25) is 0 Å². The topological polar surface area (TPSA) is 37.0 Å². The van der Waals surface area contributed by atoms with Gasteiger partial charge in [-0.05, 0) is 49.4 Å². The Morgan fingerprint density at radius 3 is 3.16 bits per heavy atom. The summed E-state index contributed by atoms with van der Waals surface area (Å²) in [4.78, 5) is 4.42. The molecule has 100 valence electrons. The van der Waals surface area contributed by atoms with Crippen molar-refractivity contribution in [2.45, 2.75) is 12.8 Å². The molecule has 3 nitrogen and oxygen atoms in total. The van der Waals surface area contributed by atoms with E-state index in [1.165, 1.54) is 12.8 Å². The average molecular weight is 276 g/mol. The summed E-state index contributed by atoms with van der Waals surface area (Å²) in [5.41, 5.74) is 0. The van der Waals surface area contributed by atoms with Crippen LogP contribution in [0, 0.1) is 5.92 Å². The normalized spacial score (nSPS) is 18.9. The second-order valence-corrected chi connectivity index (χ2v) is 5.48. The Kier molecular flexibility index (Phi) is 3.85. The molecule has 2 aromatic rings. The monoisotopic (exact) mass is 275 g/mol. The summed E-state index contributed by atoms with van der Waals surface area (Å²) in [6, 6.07) is 7.94. The predicted molar refractivity (Wildman–Crippen MR) is 80.8 cm³/mol. The molecule has 0 spiro atoms. The lowest BCUT2D eigenvalue weighted by Gasteiger charge is -2.12. The molecule has 0 aliphatic carbocycles. The fourth-order valence-electron chi connectivity index (χ4n) is 2.68. The molecule has 19 heavy (non-hydrogen) atoms. The number of anilines is 1. The lowest BCUT2D eigenvalue weighted by atomic mass is 10.1. The predicted octanol–water partition coefficient (Wildman–Crippen LogP) is 3.30. The van der Waals surface area contributed by atoms with Crippen molar-refractivity contribution < 1.29 is 0 Å². The highest BCUT2D eigenvalue weighted by atomic mass is 35.5. The third kappa shape index (κ3) is 2.82. The summed E-state index contributed by atoms with van der Waals surface area (Å²) in [6.45, 7) is 3.25. The molecule has 1 aliphatic heterocycles. The zero-order valence-electron chi connectivity index (χ0n) is 10.8. The van der Waals surface area contributed by atoms with Crippen molar-refractivity contribution >= 4 is 28.2 Å². The van der Waals surface area contributed by atoms with E-state index in [2.05, 4.69) is 21.7 Å². The summed E-state index contributed by atoms with van der Waals surface area (Å²) in [5.74, 6) is 1.69. The number of rotatable bonds is 4. The fourth-order valence-corrected chi connectivity index (χ4v) is 2.95. The minimum atomic E-state index is 0.760. The second-order valence-electron chi connectivity index (χ2n) is 5.07. The number of benzene rings is 1. The third-order valence-electron chi connectivity index (χ3n) is 3.75. The van der Waals surface area contributed by atoms with E-state index in [-0.39, 0.29) is 0 Å². The van der Waals surface area contributed by atoms with Crippen molar-refractivity contribution in [2.24, 2.45) is 5.92 Å². The van der Waals surface area contributed by atoms with Crippen LogP contribution in [0.1, 0.15) is 12.8 Å². The average Bonchev–Trinajstić information content (AvgIpc) is 2.92. The molecule has 1 aliphatic rings. The van der Waals surface area contributed by atoms with Gasteiger partial charge >= 0.3 is 0 Å². The van der Waals surface area contributed by atoms with Crippen LogP contribution >= 0.6 is 11.6 Å². The highest BCUT2D eigenvalue weighted by molar-refractivity contribution is 6.36. The number of aromatic nitrogens is 1. The molecule has 1 aromatic heterocycles. The first kappa shape index (κ1) is 12.7. The summed E-state index contributed by atoms with van der Waals surface area (Å²) < 4.78 is 0. The number of hydrogen-bond donors (Lipinski definition) is 2. The van der Waals surface area contributed by atoms with Crippen LogP contribution in [0.4, 0.5) is 5.82 Å². The number of nitrogens with one attached hydrogen (secondary N) is 2. The van der Waals surface area contributed by atoms with E-state index in [1.807, 2.05) is 24.4 Å². The van der Waals surface area contributed by atoms with E-state index in [0.29, 0.717) is 0 Å². The molecule has 2 N–H and O–H groups in total. The van der Waals surface area contributed by atoms with Gasteiger partial charge in [0, 0.05) is 18.1 Å². The van der Waals surface area contributed by atoms with Crippen LogP contribution in [0.25, 0.3) is 10.8 Å². The lowest BCUT2D eigenvalue weighted by molar-refractivity contribution is 0.549. The Bertz CT molecular complexity index is 559. The first-order valence-electron chi connectivity index (χ1n) is 6.82. The van der Waals surface area contributed by atoms with Gasteiger partial charge in [0.1, 0.15) is 5.82 Å². The molecule has 0 amide bonds. The van der Waals surface area contributed by atoms with Gasteiger partial charge in [0.2, 0.25) is 0 Å². The van der Waals surface area contributed by atoms with Gasteiger partial charge in [0.05, 0.1) is 5.02 Å². The van der Waals surface area contributed by atoms with Crippen molar-refractivity contribution in [3.05, 3.63) is 35.5 Å². The molecule has 2 heterocycles. The molecule has 0 saturated carbocycles. The maximum absolute atomic E-state index is 6.28. The van der Waals surface area contributed by atoms with Gasteiger partial charge in [-0.1, -0.05) is 23.7 Å². The minimum absolute atomic E-state index is 0.760. The summed E-state index contributed by atoms with van der Waals surface area (Å²) in [6.07, 6.45) is 4.29. The molecule has 0 bridgehead atoms. The van der Waals surface area contributed by atoms with Gasteiger partial charge in [-0.2, -0.15) is 0 Å². The van der Waals surface area contributed by atoms with E-state index in [4.69, 9.17) is 11.6 Å². The van der Waals surface area contributed by atoms with Crippen molar-refractivity contribution in [1.82, 2.24) is 10.3 Å². The molecule has 3 rings (SSSR count). The maximum Gasteiger partial charge on any atom is 0.135 e. The molecule has 1 aromatic carbocycles. The highest BCUT2D eigenvalue weighted by Crippen LogP contribution is 2.28. The smallest absolute Gasteiger partial charge is 0.135 e. The molecule has 1 fully saturated rings. The first-order valence-corrected chi connectivity index (χ1v) is 7.20. The Labute approximate surface area is 118 Å². The Balaban J connectivity index is 1.73. The Morgan fingerprint density at radius 1 is 1.37 bits per heavy atom. The molecular weight excluding hydrogens is 258 g/mol. The SMILES string of the molecule is Clc1cccc2ccnc(NCCC3CCNC3)c12. The molecule has 1 unspecified atom stereocenters. The van der Waals surface area contributed by atoms with E-state index < -0.39 is 0 Å². The molecule has 1 saturated heterocycles. The zero-order chi connectivity index (χ0) is 13.1. The van der Waals surface area contributed by atoms with E-state index >= 15 is 0 Å². The number of hydrogen-bond acceptors (Lipinski definition) is 3. The first-order chi connectivity index (χ1) is 9.34. The van der Waals surface area contributed by atoms with Crippen LogP contribution in [-0.4, -0.2) is 24.6 Å². The number of pyridine rings is 1. The lowest BCUT2D eigenvalue weighted by Crippen LogP contribution is -2.13. The van der Waals surface area contributed by atoms with Crippen molar-refractivity contribution in [3.63, 3.8) is 0 Å². The van der Waals surface area contributed by atoms with Gasteiger partial charge in [0.15, 0.2) is 0 Å². The molecule has 0 radical (unpaired) electrons. The molecule has 1 atom stereocenters. The molecular formula is C15H18ClN3. The van der Waals surface area contributed by atoms with Crippen molar-refractivity contribution in [1.29, 1.82) is 0 Å². The third-order valence-corrected chi connectivity index (χ3v) is 4.06. The van der Waals surface area contributed by atoms with Gasteiger partial charge in [0.25, 0.3) is 0 Å². The number of fused-ring (bicyclic) bond motifs is 1. The quantitative estimate of drug-likeness (QED) is 0.899.